The van der Waals surface area contributed by atoms with Crippen LogP contribution in [0.1, 0.15) is 23.6 Å². The Labute approximate surface area is 182 Å². The largest absolute Gasteiger partial charge is 0.338 e. The van der Waals surface area contributed by atoms with Crippen LogP contribution in [-0.2, 0) is 11.3 Å². The summed E-state index contributed by atoms with van der Waals surface area (Å²) in [7, 11) is 0. The van der Waals surface area contributed by atoms with Crippen LogP contribution in [0.5, 0.6) is 0 Å². The van der Waals surface area contributed by atoms with Gasteiger partial charge in [0.15, 0.2) is 0 Å². The van der Waals surface area contributed by atoms with E-state index in [0.717, 1.165) is 17.7 Å². The molecule has 0 bridgehead atoms. The van der Waals surface area contributed by atoms with Gasteiger partial charge in [0.1, 0.15) is 0 Å². The molecular weight excluding hydrogens is 400 g/mol. The minimum absolute atomic E-state index is 0.0317. The number of halogens is 1. The van der Waals surface area contributed by atoms with Crippen LogP contribution in [0.25, 0.3) is 0 Å². The van der Waals surface area contributed by atoms with Gasteiger partial charge in [-0.1, -0.05) is 54.1 Å². The molecule has 0 radical (unpaired) electrons. The van der Waals surface area contributed by atoms with E-state index in [1.54, 1.807) is 0 Å². The average molecular weight is 427 g/mol. The minimum atomic E-state index is -0.0783. The van der Waals surface area contributed by atoms with Crippen molar-refractivity contribution < 1.29 is 9.59 Å². The Kier molecular flexibility index (Phi) is 6.55. The zero-order chi connectivity index (χ0) is 20.9. The second kappa shape index (κ2) is 9.49. The fraction of sp³-hybridized carbons (Fsp3) is 0.391. The Morgan fingerprint density at radius 1 is 1.13 bits per heavy atom. The Balaban J connectivity index is 1.32. The lowest BCUT2D eigenvalue weighted by Crippen LogP contribution is -2.52. The molecule has 2 aromatic carbocycles. The first-order valence-corrected chi connectivity index (χ1v) is 10.8. The van der Waals surface area contributed by atoms with Crippen LogP contribution in [-0.4, -0.2) is 54.5 Å². The molecule has 2 N–H and O–H groups in total. The smallest absolute Gasteiger partial charge is 0.318 e. The van der Waals surface area contributed by atoms with E-state index in [0.29, 0.717) is 44.2 Å². The van der Waals surface area contributed by atoms with Crippen LogP contribution >= 0.6 is 11.6 Å². The molecule has 2 atom stereocenters. The van der Waals surface area contributed by atoms with Crippen LogP contribution < -0.4 is 10.6 Å². The second-order valence-electron chi connectivity index (χ2n) is 7.98. The van der Waals surface area contributed by atoms with Gasteiger partial charge in [0.05, 0.1) is 6.04 Å². The van der Waals surface area contributed by atoms with Crippen LogP contribution in [0, 0.1) is 5.92 Å². The van der Waals surface area contributed by atoms with Crippen molar-refractivity contribution in [3.8, 4) is 0 Å². The summed E-state index contributed by atoms with van der Waals surface area (Å²) in [5.41, 5.74) is 2.19. The number of hydrogen-bond donors (Lipinski definition) is 2. The lowest BCUT2D eigenvalue weighted by Gasteiger charge is -2.36. The number of benzene rings is 2. The standard InChI is InChI=1S/C23H27ClN4O2/c24-20-8-6-19(7-9-20)21-14-25-10-11-28(21)23(30)26-13-18-12-22(29)27(16-18)15-17-4-2-1-3-5-17/h1-9,18,21,25H,10-16H2,(H,26,30). The van der Waals surface area contributed by atoms with Gasteiger partial charge in [0.25, 0.3) is 0 Å². The third-order valence-corrected chi connectivity index (χ3v) is 6.06. The molecule has 30 heavy (non-hydrogen) atoms. The van der Waals surface area contributed by atoms with Gasteiger partial charge >= 0.3 is 6.03 Å². The first-order chi connectivity index (χ1) is 14.6. The van der Waals surface area contributed by atoms with Crippen molar-refractivity contribution in [2.75, 3.05) is 32.7 Å². The molecule has 2 aromatic rings. The van der Waals surface area contributed by atoms with Crippen LogP contribution in [0.4, 0.5) is 4.79 Å². The number of carbonyl (C=O) groups is 2. The van der Waals surface area contributed by atoms with Crippen molar-refractivity contribution in [2.24, 2.45) is 5.92 Å². The lowest BCUT2D eigenvalue weighted by molar-refractivity contribution is -0.128. The predicted octanol–water partition coefficient (Wildman–Crippen LogP) is 3.04. The Hall–Kier alpha value is -2.57. The quantitative estimate of drug-likeness (QED) is 0.772. The second-order valence-corrected chi connectivity index (χ2v) is 8.42. The van der Waals surface area contributed by atoms with Crippen molar-refractivity contribution in [3.05, 3.63) is 70.7 Å². The van der Waals surface area contributed by atoms with E-state index in [2.05, 4.69) is 10.6 Å². The Morgan fingerprint density at radius 2 is 1.90 bits per heavy atom. The number of likely N-dealkylation sites (tertiary alicyclic amines) is 1. The highest BCUT2D eigenvalue weighted by Crippen LogP contribution is 2.24. The van der Waals surface area contributed by atoms with Crippen LogP contribution in [0.2, 0.25) is 5.02 Å². The van der Waals surface area contributed by atoms with E-state index in [4.69, 9.17) is 11.6 Å². The van der Waals surface area contributed by atoms with Crippen molar-refractivity contribution >= 4 is 23.5 Å². The maximum absolute atomic E-state index is 12.9. The van der Waals surface area contributed by atoms with Crippen molar-refractivity contribution in [3.63, 3.8) is 0 Å². The molecule has 2 fully saturated rings. The van der Waals surface area contributed by atoms with Crippen LogP contribution in [0.15, 0.2) is 54.6 Å². The number of amides is 3. The molecule has 2 aliphatic rings. The number of carbonyl (C=O) groups excluding carboxylic acids is 2. The van der Waals surface area contributed by atoms with Gasteiger partial charge in [-0.25, -0.2) is 4.79 Å². The van der Waals surface area contributed by atoms with E-state index >= 15 is 0 Å². The predicted molar refractivity (Wildman–Crippen MR) is 117 cm³/mol. The molecule has 2 unspecified atom stereocenters. The van der Waals surface area contributed by atoms with E-state index in [-0.39, 0.29) is 23.9 Å². The number of rotatable bonds is 5. The summed E-state index contributed by atoms with van der Waals surface area (Å²) in [6, 6.07) is 17.5. The molecule has 158 valence electrons. The maximum Gasteiger partial charge on any atom is 0.318 e. The third kappa shape index (κ3) is 4.94. The highest BCUT2D eigenvalue weighted by molar-refractivity contribution is 6.30. The average Bonchev–Trinajstić information content (AvgIpc) is 3.12. The van der Waals surface area contributed by atoms with Gasteiger partial charge in [0, 0.05) is 56.6 Å². The molecule has 3 amide bonds. The summed E-state index contributed by atoms with van der Waals surface area (Å²) >= 11 is 6.01. The number of hydrogen-bond acceptors (Lipinski definition) is 3. The lowest BCUT2D eigenvalue weighted by atomic mass is 10.0. The summed E-state index contributed by atoms with van der Waals surface area (Å²) in [5.74, 6) is 0.293. The fourth-order valence-corrected chi connectivity index (χ4v) is 4.34. The summed E-state index contributed by atoms with van der Waals surface area (Å²) in [5, 5.41) is 7.11. The van der Waals surface area contributed by atoms with E-state index in [1.807, 2.05) is 64.4 Å². The van der Waals surface area contributed by atoms with Crippen molar-refractivity contribution in [1.29, 1.82) is 0 Å². The number of nitrogens with one attached hydrogen (secondary N) is 2. The van der Waals surface area contributed by atoms with E-state index in [1.165, 1.54) is 0 Å². The maximum atomic E-state index is 12.9. The summed E-state index contributed by atoms with van der Waals surface area (Å²) in [6.45, 7) is 3.93. The highest BCUT2D eigenvalue weighted by atomic mass is 35.5. The molecule has 0 spiro atoms. The summed E-state index contributed by atoms with van der Waals surface area (Å²) < 4.78 is 0. The van der Waals surface area contributed by atoms with Gasteiger partial charge in [0.2, 0.25) is 5.91 Å². The molecule has 2 saturated heterocycles. The molecule has 0 saturated carbocycles. The Morgan fingerprint density at radius 3 is 2.67 bits per heavy atom. The molecule has 2 heterocycles. The van der Waals surface area contributed by atoms with Gasteiger partial charge in [-0.15, -0.1) is 0 Å². The molecule has 0 aromatic heterocycles. The van der Waals surface area contributed by atoms with E-state index < -0.39 is 0 Å². The highest BCUT2D eigenvalue weighted by Gasteiger charge is 2.32. The normalized spacial score (nSPS) is 21.7. The number of urea groups is 1. The van der Waals surface area contributed by atoms with Gasteiger partial charge in [-0.2, -0.15) is 0 Å². The summed E-state index contributed by atoms with van der Waals surface area (Å²) in [6.07, 6.45) is 0.481. The zero-order valence-electron chi connectivity index (χ0n) is 16.9. The zero-order valence-corrected chi connectivity index (χ0v) is 17.6. The SMILES string of the molecule is O=C1CC(CNC(=O)N2CCNCC2c2ccc(Cl)cc2)CN1Cc1ccccc1. The van der Waals surface area contributed by atoms with E-state index in [9.17, 15) is 9.59 Å². The monoisotopic (exact) mass is 426 g/mol. The molecule has 0 aliphatic carbocycles. The topological polar surface area (TPSA) is 64.7 Å². The van der Waals surface area contributed by atoms with Crippen LogP contribution in [0.3, 0.4) is 0 Å². The molecule has 6 nitrogen and oxygen atoms in total. The van der Waals surface area contributed by atoms with Gasteiger partial charge in [-0.05, 0) is 23.3 Å². The molecular formula is C23H27ClN4O2. The first-order valence-electron chi connectivity index (χ1n) is 10.4. The van der Waals surface area contributed by atoms with Gasteiger partial charge < -0.3 is 20.4 Å². The number of piperazine rings is 1. The van der Waals surface area contributed by atoms with Crippen molar-refractivity contribution in [1.82, 2.24) is 20.4 Å². The minimum Gasteiger partial charge on any atom is -0.338 e. The molecule has 4 rings (SSSR count). The molecule has 2 aliphatic heterocycles. The van der Waals surface area contributed by atoms with Crippen molar-refractivity contribution in [2.45, 2.75) is 19.0 Å². The number of nitrogens with zero attached hydrogens (tertiary/aromatic N) is 2. The Bertz CT molecular complexity index is 875. The summed E-state index contributed by atoms with van der Waals surface area (Å²) in [4.78, 5) is 29.1. The first kappa shape index (κ1) is 20.7. The molecule has 7 heteroatoms. The fourth-order valence-electron chi connectivity index (χ4n) is 4.21. The van der Waals surface area contributed by atoms with Gasteiger partial charge in [-0.3, -0.25) is 4.79 Å². The third-order valence-electron chi connectivity index (χ3n) is 5.81.